The molecule has 2 aliphatic heterocycles. The summed E-state index contributed by atoms with van der Waals surface area (Å²) in [7, 11) is -1.64. The van der Waals surface area contributed by atoms with Crippen molar-refractivity contribution in [2.45, 2.75) is 69.5 Å². The van der Waals surface area contributed by atoms with E-state index in [2.05, 4.69) is 5.32 Å². The molecule has 2 fully saturated rings. The quantitative estimate of drug-likeness (QED) is 0.267. The van der Waals surface area contributed by atoms with E-state index >= 15 is 0 Å². The second-order valence-electron chi connectivity index (χ2n) is 10.4. The van der Waals surface area contributed by atoms with E-state index in [1.807, 2.05) is 6.07 Å². The lowest BCUT2D eigenvalue weighted by Crippen LogP contribution is -2.44. The van der Waals surface area contributed by atoms with Gasteiger partial charge in [-0.05, 0) is 44.7 Å². The highest BCUT2D eigenvalue weighted by Gasteiger charge is 2.43. The number of alkyl carbamates (subject to hydrolysis) is 1. The minimum atomic E-state index is -2.80. The Morgan fingerprint density at radius 3 is 2.61 bits per heavy atom. The zero-order chi connectivity index (χ0) is 27.9. The SMILES string of the molecule is CC(C)(C=C(C#N)C(=O)N1CCCC[C@H](OC(=O)N[C@H](CB(O)O)c2ccccc2)C1)N1CCC(F)(F)C1. The molecule has 0 saturated carbocycles. The Bertz CT molecular complexity index is 1050. The molecule has 3 N–H and O–H groups in total. The number of ether oxygens (including phenoxy) is 1. The van der Waals surface area contributed by atoms with E-state index in [0.717, 1.165) is 0 Å². The Morgan fingerprint density at radius 2 is 2.00 bits per heavy atom. The summed E-state index contributed by atoms with van der Waals surface area (Å²) in [5, 5.41) is 31.3. The molecule has 3 rings (SSSR count). The lowest BCUT2D eigenvalue weighted by molar-refractivity contribution is -0.127. The molecule has 2 heterocycles. The lowest BCUT2D eigenvalue weighted by atomic mass is 9.79. The smallest absolute Gasteiger partial charge is 0.444 e. The van der Waals surface area contributed by atoms with Gasteiger partial charge in [-0.3, -0.25) is 9.69 Å². The van der Waals surface area contributed by atoms with Crippen LogP contribution in [0, 0.1) is 11.3 Å². The number of rotatable bonds is 8. The van der Waals surface area contributed by atoms with E-state index in [4.69, 9.17) is 4.74 Å². The molecular weight excluding hydrogens is 497 g/mol. The number of amides is 2. The zero-order valence-electron chi connectivity index (χ0n) is 21.8. The fourth-order valence-electron chi connectivity index (χ4n) is 4.87. The van der Waals surface area contributed by atoms with Crippen LogP contribution in [0.25, 0.3) is 0 Å². The van der Waals surface area contributed by atoms with Gasteiger partial charge in [-0.25, -0.2) is 13.6 Å². The van der Waals surface area contributed by atoms with Crippen LogP contribution in [0.15, 0.2) is 42.0 Å². The minimum absolute atomic E-state index is 0.0755. The van der Waals surface area contributed by atoms with Crippen LogP contribution in [-0.2, 0) is 9.53 Å². The Hall–Kier alpha value is -3.01. The predicted octanol–water partition coefficient (Wildman–Crippen LogP) is 2.88. The number of benzene rings is 1. The van der Waals surface area contributed by atoms with Gasteiger partial charge in [-0.15, -0.1) is 0 Å². The van der Waals surface area contributed by atoms with Gasteiger partial charge in [-0.1, -0.05) is 30.3 Å². The monoisotopic (exact) mass is 532 g/mol. The molecule has 38 heavy (non-hydrogen) atoms. The summed E-state index contributed by atoms with van der Waals surface area (Å²) in [5.41, 5.74) is -0.389. The number of hydrogen-bond donors (Lipinski definition) is 3. The maximum absolute atomic E-state index is 13.7. The average Bonchev–Trinajstić information content (AvgIpc) is 3.08. The van der Waals surface area contributed by atoms with E-state index in [1.165, 1.54) is 11.0 Å². The summed E-state index contributed by atoms with van der Waals surface area (Å²) in [6, 6.07) is 10.1. The number of likely N-dealkylation sites (tertiary alicyclic amines) is 2. The van der Waals surface area contributed by atoms with E-state index in [9.17, 15) is 33.7 Å². The first-order valence-corrected chi connectivity index (χ1v) is 12.8. The second-order valence-corrected chi connectivity index (χ2v) is 10.4. The van der Waals surface area contributed by atoms with E-state index < -0.39 is 49.3 Å². The molecule has 1 aromatic carbocycles. The number of nitriles is 1. The molecule has 206 valence electrons. The first-order valence-electron chi connectivity index (χ1n) is 12.8. The van der Waals surface area contributed by atoms with Crippen molar-refractivity contribution in [1.82, 2.24) is 15.1 Å². The molecule has 1 aromatic rings. The Kier molecular flexibility index (Phi) is 9.87. The summed E-state index contributed by atoms with van der Waals surface area (Å²) in [6.45, 7) is 3.57. The molecule has 9 nitrogen and oxygen atoms in total. The molecule has 0 radical (unpaired) electrons. The standard InChI is InChI=1S/C26H35BF2N4O5/c1-25(2,33-13-11-26(28,29)18-33)14-20(16-30)23(34)32-12-7-6-10-21(17-32)38-24(35)31-22(15-27(36)37)19-8-4-3-5-9-19/h3-5,8-9,14,21-22,36-37H,6-7,10-13,15,17-18H2,1-2H3,(H,31,35)/t21-,22+/m0/s1. The highest BCUT2D eigenvalue weighted by atomic mass is 19.3. The lowest BCUT2D eigenvalue weighted by Gasteiger charge is -2.33. The summed E-state index contributed by atoms with van der Waals surface area (Å²) >= 11 is 0. The fraction of sp³-hybridized carbons (Fsp3) is 0.577. The van der Waals surface area contributed by atoms with Gasteiger partial charge in [0.2, 0.25) is 0 Å². The first kappa shape index (κ1) is 29.5. The van der Waals surface area contributed by atoms with Crippen LogP contribution in [0.2, 0.25) is 6.32 Å². The topological polar surface area (TPSA) is 126 Å². The fourth-order valence-corrected chi connectivity index (χ4v) is 4.87. The van der Waals surface area contributed by atoms with Gasteiger partial charge in [0.1, 0.15) is 17.7 Å². The summed E-state index contributed by atoms with van der Waals surface area (Å²) < 4.78 is 33.1. The van der Waals surface area contributed by atoms with Crippen LogP contribution in [0.1, 0.15) is 51.1 Å². The Balaban J connectivity index is 1.66. The molecule has 2 atom stereocenters. The number of carbonyl (C=O) groups is 2. The molecule has 0 aliphatic carbocycles. The zero-order valence-corrected chi connectivity index (χ0v) is 21.8. The third-order valence-corrected chi connectivity index (χ3v) is 6.96. The third kappa shape index (κ3) is 8.25. The molecular formula is C26H35BF2N4O5. The molecule has 0 spiro atoms. The number of hydrogen-bond acceptors (Lipinski definition) is 7. The van der Waals surface area contributed by atoms with Crippen molar-refractivity contribution in [1.29, 1.82) is 5.26 Å². The van der Waals surface area contributed by atoms with Crippen LogP contribution < -0.4 is 5.32 Å². The molecule has 0 unspecified atom stereocenters. The van der Waals surface area contributed by atoms with E-state index in [-0.39, 0.29) is 31.4 Å². The molecule has 2 aliphatic rings. The first-order chi connectivity index (χ1) is 17.9. The van der Waals surface area contributed by atoms with Gasteiger partial charge >= 0.3 is 13.2 Å². The van der Waals surface area contributed by atoms with Crippen LogP contribution in [0.5, 0.6) is 0 Å². The average molecular weight is 532 g/mol. The van der Waals surface area contributed by atoms with Crippen molar-refractivity contribution in [2.24, 2.45) is 0 Å². The van der Waals surface area contributed by atoms with Crippen molar-refractivity contribution < 1.29 is 33.2 Å². The number of carbonyl (C=O) groups excluding carboxylic acids is 2. The summed E-state index contributed by atoms with van der Waals surface area (Å²) in [5.74, 6) is -3.33. The second kappa shape index (κ2) is 12.7. The van der Waals surface area contributed by atoms with Crippen molar-refractivity contribution in [2.75, 3.05) is 26.2 Å². The maximum atomic E-state index is 13.7. The van der Waals surface area contributed by atoms with Gasteiger partial charge in [0.15, 0.2) is 0 Å². The van der Waals surface area contributed by atoms with Crippen molar-refractivity contribution in [3.05, 3.63) is 47.5 Å². The summed E-state index contributed by atoms with van der Waals surface area (Å²) in [6.07, 6.45) is 1.49. The van der Waals surface area contributed by atoms with Gasteiger partial charge in [0.25, 0.3) is 11.8 Å². The normalized spacial score (nSPS) is 21.2. The number of alkyl halides is 2. The number of nitrogens with zero attached hydrogens (tertiary/aromatic N) is 3. The maximum Gasteiger partial charge on any atom is 0.453 e. The number of nitrogens with one attached hydrogen (secondary N) is 1. The van der Waals surface area contributed by atoms with Crippen LogP contribution in [0.4, 0.5) is 13.6 Å². The van der Waals surface area contributed by atoms with Crippen LogP contribution in [-0.4, -0.2) is 82.7 Å². The Labute approximate surface area is 222 Å². The minimum Gasteiger partial charge on any atom is -0.444 e. The molecule has 2 saturated heterocycles. The van der Waals surface area contributed by atoms with E-state index in [0.29, 0.717) is 31.4 Å². The predicted molar refractivity (Wildman–Crippen MR) is 137 cm³/mol. The van der Waals surface area contributed by atoms with Gasteiger partial charge in [-0.2, -0.15) is 5.26 Å². The van der Waals surface area contributed by atoms with Crippen molar-refractivity contribution in [3.63, 3.8) is 0 Å². The van der Waals surface area contributed by atoms with E-state index in [1.54, 1.807) is 49.1 Å². The molecule has 2 amide bonds. The van der Waals surface area contributed by atoms with Gasteiger partial charge < -0.3 is 25.0 Å². The third-order valence-electron chi connectivity index (χ3n) is 6.96. The molecule has 12 heteroatoms. The largest absolute Gasteiger partial charge is 0.453 e. The van der Waals surface area contributed by atoms with Gasteiger partial charge in [0, 0.05) is 31.4 Å². The van der Waals surface area contributed by atoms with Crippen LogP contribution >= 0.6 is 0 Å². The molecule has 0 aromatic heterocycles. The van der Waals surface area contributed by atoms with Crippen LogP contribution in [0.3, 0.4) is 0 Å². The summed E-state index contributed by atoms with van der Waals surface area (Å²) in [4.78, 5) is 29.0. The number of halogens is 2. The van der Waals surface area contributed by atoms with Gasteiger partial charge in [0.05, 0.1) is 19.1 Å². The Morgan fingerprint density at radius 1 is 1.29 bits per heavy atom. The highest BCUT2D eigenvalue weighted by molar-refractivity contribution is 6.41. The van der Waals surface area contributed by atoms with Crippen molar-refractivity contribution >= 4 is 19.1 Å². The molecule has 0 bridgehead atoms. The highest BCUT2D eigenvalue weighted by Crippen LogP contribution is 2.33. The van der Waals surface area contributed by atoms with Crippen molar-refractivity contribution in [3.8, 4) is 6.07 Å².